The van der Waals surface area contributed by atoms with Crippen LogP contribution in [0.15, 0.2) is 23.2 Å². The van der Waals surface area contributed by atoms with Crippen molar-refractivity contribution < 1.29 is 4.79 Å². The first-order valence-corrected chi connectivity index (χ1v) is 6.24. The van der Waals surface area contributed by atoms with Crippen molar-refractivity contribution in [3.05, 3.63) is 35.0 Å². The van der Waals surface area contributed by atoms with Gasteiger partial charge in [-0.25, -0.2) is 4.79 Å². The van der Waals surface area contributed by atoms with Gasteiger partial charge in [0.1, 0.15) is 0 Å². The van der Waals surface area contributed by atoms with Crippen LogP contribution in [-0.4, -0.2) is 10.6 Å². The van der Waals surface area contributed by atoms with Gasteiger partial charge in [0.15, 0.2) is 0 Å². The molecule has 0 saturated heterocycles. The van der Waals surface area contributed by atoms with E-state index >= 15 is 0 Å². The van der Waals surface area contributed by atoms with E-state index in [0.717, 1.165) is 18.4 Å². The van der Waals surface area contributed by atoms with Gasteiger partial charge in [0, 0.05) is 23.6 Å². The van der Waals surface area contributed by atoms with Crippen molar-refractivity contribution in [2.24, 2.45) is 12.0 Å². The molecule has 1 aromatic heterocycles. The third kappa shape index (κ3) is 1.37. The molecule has 0 spiro atoms. The van der Waals surface area contributed by atoms with E-state index in [1.54, 1.807) is 6.08 Å². The Morgan fingerprint density at radius 3 is 2.67 bits per heavy atom. The topological polar surface area (TPSA) is 34.4 Å². The fourth-order valence-electron chi connectivity index (χ4n) is 2.71. The van der Waals surface area contributed by atoms with E-state index in [0.29, 0.717) is 0 Å². The Kier molecular flexibility index (Phi) is 2.23. The molecule has 0 atom stereocenters. The predicted octanol–water partition coefficient (Wildman–Crippen LogP) is 3.12. The highest BCUT2D eigenvalue weighted by Gasteiger charge is 2.44. The largest absolute Gasteiger partial charge is 0.348 e. The summed E-state index contributed by atoms with van der Waals surface area (Å²) in [5.41, 5.74) is 4.68. The second kappa shape index (κ2) is 3.56. The van der Waals surface area contributed by atoms with Crippen LogP contribution in [0, 0.1) is 13.8 Å². The van der Waals surface area contributed by atoms with E-state index < -0.39 is 0 Å². The Hall–Kier alpha value is -1.86. The minimum Gasteiger partial charge on any atom is -0.348 e. The smallest absolute Gasteiger partial charge is 0.235 e. The van der Waals surface area contributed by atoms with Gasteiger partial charge in [-0.05, 0) is 43.9 Å². The second-order valence-corrected chi connectivity index (χ2v) is 5.24. The van der Waals surface area contributed by atoms with Crippen LogP contribution in [0.5, 0.6) is 0 Å². The minimum absolute atomic E-state index is 0.276. The van der Waals surface area contributed by atoms with Crippen LogP contribution in [0.3, 0.4) is 0 Å². The van der Waals surface area contributed by atoms with Crippen LogP contribution in [0.2, 0.25) is 0 Å². The van der Waals surface area contributed by atoms with Crippen LogP contribution in [0.4, 0.5) is 0 Å². The predicted molar refractivity (Wildman–Crippen MR) is 71.4 cm³/mol. The lowest BCUT2D eigenvalue weighted by Gasteiger charge is -2.09. The van der Waals surface area contributed by atoms with Gasteiger partial charge in [0.2, 0.25) is 6.08 Å². The molecule has 18 heavy (non-hydrogen) atoms. The molecule has 3 rings (SSSR count). The van der Waals surface area contributed by atoms with Crippen molar-refractivity contribution in [3.63, 3.8) is 0 Å². The highest BCUT2D eigenvalue weighted by molar-refractivity contribution is 5.86. The molecule has 1 saturated carbocycles. The van der Waals surface area contributed by atoms with Gasteiger partial charge in [-0.3, -0.25) is 0 Å². The van der Waals surface area contributed by atoms with Crippen molar-refractivity contribution in [1.82, 2.24) is 4.57 Å². The molecule has 1 aliphatic carbocycles. The van der Waals surface area contributed by atoms with Gasteiger partial charge in [0.25, 0.3) is 0 Å². The lowest BCUT2D eigenvalue weighted by molar-refractivity contribution is 0.556. The number of benzene rings is 1. The summed E-state index contributed by atoms with van der Waals surface area (Å²) in [6.45, 7) is 4.28. The second-order valence-electron chi connectivity index (χ2n) is 5.24. The molecule has 0 aliphatic heterocycles. The van der Waals surface area contributed by atoms with Crippen molar-refractivity contribution in [2.75, 3.05) is 0 Å². The Morgan fingerprint density at radius 2 is 2.06 bits per heavy atom. The Balaban J connectivity index is 2.23. The number of hydrogen-bond acceptors (Lipinski definition) is 2. The van der Waals surface area contributed by atoms with Gasteiger partial charge in [-0.1, -0.05) is 12.1 Å². The lowest BCUT2D eigenvalue weighted by Crippen LogP contribution is -2.02. The summed E-state index contributed by atoms with van der Waals surface area (Å²) in [5, 5.41) is 1.28. The molecular formula is C15H16N2O. The first kappa shape index (κ1) is 11.2. The molecule has 92 valence electrons. The molecule has 0 unspecified atom stereocenters. The summed E-state index contributed by atoms with van der Waals surface area (Å²) < 4.78 is 2.20. The number of fused-ring (bicyclic) bond motifs is 1. The van der Waals surface area contributed by atoms with E-state index in [-0.39, 0.29) is 5.54 Å². The zero-order valence-corrected chi connectivity index (χ0v) is 10.9. The fourth-order valence-corrected chi connectivity index (χ4v) is 2.71. The average Bonchev–Trinajstić information content (AvgIpc) is 3.13. The summed E-state index contributed by atoms with van der Waals surface area (Å²) >= 11 is 0. The molecule has 0 amide bonds. The van der Waals surface area contributed by atoms with Crippen molar-refractivity contribution in [3.8, 4) is 0 Å². The molecule has 1 aliphatic rings. The summed E-state index contributed by atoms with van der Waals surface area (Å²) in [6, 6.07) is 6.42. The summed E-state index contributed by atoms with van der Waals surface area (Å²) in [4.78, 5) is 14.5. The maximum Gasteiger partial charge on any atom is 0.235 e. The molecule has 1 heterocycles. The highest BCUT2D eigenvalue weighted by atomic mass is 16.1. The minimum atomic E-state index is -0.276. The Labute approximate surface area is 106 Å². The molecule has 0 N–H and O–H groups in total. The fraction of sp³-hybridized carbons (Fsp3) is 0.400. The normalized spacial score (nSPS) is 16.6. The number of isocyanates is 1. The molecular weight excluding hydrogens is 224 g/mol. The van der Waals surface area contributed by atoms with E-state index in [1.807, 2.05) is 0 Å². The molecule has 0 radical (unpaired) electrons. The maximum atomic E-state index is 10.5. The molecule has 1 fully saturated rings. The van der Waals surface area contributed by atoms with E-state index in [1.165, 1.54) is 22.2 Å². The van der Waals surface area contributed by atoms with E-state index in [9.17, 15) is 4.79 Å². The zero-order chi connectivity index (χ0) is 12.9. The number of nitrogens with zero attached hydrogens (tertiary/aromatic N) is 2. The molecule has 0 bridgehead atoms. The van der Waals surface area contributed by atoms with Crippen LogP contribution in [-0.2, 0) is 17.4 Å². The number of aromatic nitrogens is 1. The number of aliphatic imine (C=N–C) groups is 1. The average molecular weight is 240 g/mol. The Bertz CT molecular complexity index is 686. The molecule has 3 nitrogen and oxygen atoms in total. The number of hydrogen-bond donors (Lipinski definition) is 0. The van der Waals surface area contributed by atoms with Crippen molar-refractivity contribution in [1.29, 1.82) is 0 Å². The molecule has 2 aromatic rings. The first-order chi connectivity index (χ1) is 8.59. The quantitative estimate of drug-likeness (QED) is 0.586. The molecule has 3 heteroatoms. The maximum absolute atomic E-state index is 10.5. The summed E-state index contributed by atoms with van der Waals surface area (Å²) in [6.07, 6.45) is 3.63. The molecule has 1 aromatic carbocycles. The van der Waals surface area contributed by atoms with E-state index in [4.69, 9.17) is 0 Å². The Morgan fingerprint density at radius 1 is 1.33 bits per heavy atom. The third-order valence-electron chi connectivity index (χ3n) is 4.33. The number of rotatable bonds is 2. The van der Waals surface area contributed by atoms with Crippen molar-refractivity contribution in [2.45, 2.75) is 32.2 Å². The zero-order valence-electron chi connectivity index (χ0n) is 10.9. The van der Waals surface area contributed by atoms with Crippen molar-refractivity contribution >= 4 is 17.0 Å². The van der Waals surface area contributed by atoms with Crippen LogP contribution in [0.25, 0.3) is 10.9 Å². The lowest BCUT2D eigenvalue weighted by atomic mass is 10.0. The SMILES string of the molecule is Cc1c(C)n(C)c2cc(C3(N=C=O)CC3)ccc12. The van der Waals surface area contributed by atoms with Crippen LogP contribution in [0.1, 0.15) is 29.7 Å². The van der Waals surface area contributed by atoms with Gasteiger partial charge in [0.05, 0.1) is 5.54 Å². The van der Waals surface area contributed by atoms with Gasteiger partial charge < -0.3 is 4.57 Å². The number of aryl methyl sites for hydroxylation is 2. The van der Waals surface area contributed by atoms with Gasteiger partial charge >= 0.3 is 0 Å². The highest BCUT2D eigenvalue weighted by Crippen LogP contribution is 2.49. The monoisotopic (exact) mass is 240 g/mol. The summed E-state index contributed by atoms with van der Waals surface area (Å²) in [7, 11) is 2.08. The van der Waals surface area contributed by atoms with Crippen LogP contribution >= 0.6 is 0 Å². The van der Waals surface area contributed by atoms with Crippen LogP contribution < -0.4 is 0 Å². The standard InChI is InChI=1S/C15H16N2O/c1-10-11(2)17(3)14-8-12(4-5-13(10)14)15(6-7-15)16-9-18/h4-5,8H,6-7H2,1-3H3. The number of carbonyl (C=O) groups excluding carboxylic acids is 1. The van der Waals surface area contributed by atoms with Gasteiger partial charge in [-0.15, -0.1) is 0 Å². The van der Waals surface area contributed by atoms with Gasteiger partial charge in [-0.2, -0.15) is 4.99 Å². The van der Waals surface area contributed by atoms with E-state index in [2.05, 4.69) is 48.7 Å². The third-order valence-corrected chi connectivity index (χ3v) is 4.33. The summed E-state index contributed by atoms with van der Waals surface area (Å²) in [5.74, 6) is 0. The first-order valence-electron chi connectivity index (χ1n) is 6.24.